The van der Waals surface area contributed by atoms with E-state index in [4.69, 9.17) is 21.4 Å². The summed E-state index contributed by atoms with van der Waals surface area (Å²) in [5, 5.41) is 12.0. The molecule has 1 aromatic rings. The Balaban J connectivity index is 2.73. The van der Waals surface area contributed by atoms with Crippen molar-refractivity contribution in [3.8, 4) is 0 Å². The molecule has 0 radical (unpaired) electrons. The van der Waals surface area contributed by atoms with E-state index in [-0.39, 0.29) is 18.6 Å². The molecule has 1 rings (SSSR count). The van der Waals surface area contributed by atoms with Crippen LogP contribution in [0.2, 0.25) is 5.02 Å². The van der Waals surface area contributed by atoms with Crippen LogP contribution in [-0.2, 0) is 4.74 Å². The number of ether oxygens (including phenoxy) is 1. The van der Waals surface area contributed by atoms with Crippen LogP contribution in [0, 0.1) is 0 Å². The average Bonchev–Trinajstić information content (AvgIpc) is 2.29. The Bertz CT molecular complexity index is 408. The molecule has 1 amide bonds. The number of carbonyl (C=O) groups excluding carboxylic acids is 1. The van der Waals surface area contributed by atoms with Gasteiger partial charge in [0.25, 0.3) is 5.91 Å². The fraction of sp³-hybridized carbons (Fsp3) is 0.417. The van der Waals surface area contributed by atoms with E-state index in [9.17, 15) is 4.79 Å². The first kappa shape index (κ1) is 15.4. The molecule has 6 heteroatoms. The maximum absolute atomic E-state index is 12.0. The van der Waals surface area contributed by atoms with Crippen LogP contribution in [0.25, 0.3) is 0 Å². The fourth-order valence-electron chi connectivity index (χ4n) is 1.49. The van der Waals surface area contributed by atoms with Crippen LogP contribution in [-0.4, -0.2) is 37.4 Å². The monoisotopic (exact) mass is 335 g/mol. The molecule has 0 bridgehead atoms. The number of hydrogen-bond acceptors (Lipinski definition) is 3. The van der Waals surface area contributed by atoms with E-state index < -0.39 is 0 Å². The Hall–Kier alpha value is -0.620. The number of hydrogen-bond donors (Lipinski definition) is 2. The van der Waals surface area contributed by atoms with Crippen LogP contribution in [0.4, 0.5) is 0 Å². The number of methoxy groups -OCH3 is 1. The van der Waals surface area contributed by atoms with E-state index in [1.165, 1.54) is 0 Å². The molecule has 0 aliphatic rings. The summed E-state index contributed by atoms with van der Waals surface area (Å²) in [5.41, 5.74) is 0.402. The van der Waals surface area contributed by atoms with Gasteiger partial charge in [0.05, 0.1) is 23.2 Å². The van der Waals surface area contributed by atoms with Crippen molar-refractivity contribution in [2.45, 2.75) is 12.5 Å². The lowest BCUT2D eigenvalue weighted by molar-refractivity contribution is 0.0879. The van der Waals surface area contributed by atoms with Gasteiger partial charge in [-0.1, -0.05) is 27.5 Å². The summed E-state index contributed by atoms with van der Waals surface area (Å²) in [7, 11) is 1.54. The highest BCUT2D eigenvalue weighted by Crippen LogP contribution is 2.21. The first-order chi connectivity index (χ1) is 8.58. The number of carbonyl (C=O) groups is 1. The molecular formula is C12H15BrClNO3. The summed E-state index contributed by atoms with van der Waals surface area (Å²) < 4.78 is 5.79. The molecule has 0 aliphatic heterocycles. The van der Waals surface area contributed by atoms with Crippen molar-refractivity contribution in [2.75, 3.05) is 20.3 Å². The van der Waals surface area contributed by atoms with Crippen molar-refractivity contribution >= 4 is 33.4 Å². The van der Waals surface area contributed by atoms with E-state index >= 15 is 0 Å². The second-order valence-electron chi connectivity index (χ2n) is 3.76. The minimum atomic E-state index is -0.275. The lowest BCUT2D eigenvalue weighted by Gasteiger charge is -2.17. The van der Waals surface area contributed by atoms with Gasteiger partial charge in [0.15, 0.2) is 0 Å². The van der Waals surface area contributed by atoms with Gasteiger partial charge in [-0.15, -0.1) is 0 Å². The van der Waals surface area contributed by atoms with Gasteiger partial charge in [-0.25, -0.2) is 0 Å². The predicted molar refractivity (Wildman–Crippen MR) is 74.0 cm³/mol. The molecule has 1 aromatic carbocycles. The van der Waals surface area contributed by atoms with Crippen LogP contribution in [0.15, 0.2) is 22.7 Å². The van der Waals surface area contributed by atoms with Crippen LogP contribution >= 0.6 is 27.5 Å². The molecule has 4 nitrogen and oxygen atoms in total. The second kappa shape index (κ2) is 7.74. The maximum atomic E-state index is 12.0. The number of amides is 1. The number of rotatable bonds is 6. The first-order valence-corrected chi connectivity index (χ1v) is 6.61. The molecule has 1 unspecified atom stereocenters. The standard InChI is InChI=1S/C12H15BrClNO3/c1-18-7-9(4-5-16)15-12(17)10-3-2-8(13)6-11(10)14/h2-3,6,9,16H,4-5,7H2,1H3,(H,15,17). The van der Waals surface area contributed by atoms with Crippen molar-refractivity contribution in [3.63, 3.8) is 0 Å². The van der Waals surface area contributed by atoms with E-state index in [2.05, 4.69) is 21.2 Å². The normalized spacial score (nSPS) is 12.2. The lowest BCUT2D eigenvalue weighted by atomic mass is 10.1. The molecule has 0 heterocycles. The summed E-state index contributed by atoms with van der Waals surface area (Å²) in [6.07, 6.45) is 0.438. The number of halogens is 2. The first-order valence-electron chi connectivity index (χ1n) is 5.44. The van der Waals surface area contributed by atoms with Crippen LogP contribution in [0.3, 0.4) is 0 Å². The third kappa shape index (κ3) is 4.57. The van der Waals surface area contributed by atoms with E-state index in [0.717, 1.165) is 4.47 Å². The van der Waals surface area contributed by atoms with Crippen LogP contribution in [0.1, 0.15) is 16.8 Å². The Morgan fingerprint density at radius 2 is 2.33 bits per heavy atom. The third-order valence-electron chi connectivity index (χ3n) is 2.36. The maximum Gasteiger partial charge on any atom is 0.253 e. The molecule has 18 heavy (non-hydrogen) atoms. The van der Waals surface area contributed by atoms with Gasteiger partial charge in [0.1, 0.15) is 0 Å². The van der Waals surface area contributed by atoms with Gasteiger partial charge in [-0.05, 0) is 24.6 Å². The minimum Gasteiger partial charge on any atom is -0.396 e. The second-order valence-corrected chi connectivity index (χ2v) is 5.09. The zero-order chi connectivity index (χ0) is 13.5. The highest BCUT2D eigenvalue weighted by Gasteiger charge is 2.15. The zero-order valence-corrected chi connectivity index (χ0v) is 12.3. The topological polar surface area (TPSA) is 58.6 Å². The Labute approximate surface area is 119 Å². The van der Waals surface area contributed by atoms with E-state index in [1.54, 1.807) is 25.3 Å². The molecule has 2 N–H and O–H groups in total. The summed E-state index contributed by atoms with van der Waals surface area (Å²) in [6.45, 7) is 0.336. The fourth-order valence-corrected chi connectivity index (χ4v) is 2.25. The summed E-state index contributed by atoms with van der Waals surface area (Å²) in [4.78, 5) is 12.0. The van der Waals surface area contributed by atoms with Crippen molar-refractivity contribution in [1.29, 1.82) is 0 Å². The van der Waals surface area contributed by atoms with Gasteiger partial charge in [0.2, 0.25) is 0 Å². The number of aliphatic hydroxyl groups is 1. The smallest absolute Gasteiger partial charge is 0.253 e. The van der Waals surface area contributed by atoms with Gasteiger partial charge in [-0.2, -0.15) is 0 Å². The summed E-state index contributed by atoms with van der Waals surface area (Å²) in [6, 6.07) is 4.82. The molecule has 1 atom stereocenters. The molecule has 0 saturated carbocycles. The third-order valence-corrected chi connectivity index (χ3v) is 3.16. The Morgan fingerprint density at radius 1 is 1.61 bits per heavy atom. The SMILES string of the molecule is COCC(CCO)NC(=O)c1ccc(Br)cc1Cl. The number of aliphatic hydroxyl groups excluding tert-OH is 1. The molecule has 0 aliphatic carbocycles. The quantitative estimate of drug-likeness (QED) is 0.837. The number of benzene rings is 1. The van der Waals surface area contributed by atoms with Crippen LogP contribution < -0.4 is 5.32 Å². The van der Waals surface area contributed by atoms with Crippen molar-refractivity contribution in [2.24, 2.45) is 0 Å². The number of nitrogens with one attached hydrogen (secondary N) is 1. The summed E-state index contributed by atoms with van der Waals surface area (Å²) >= 11 is 9.27. The average molecular weight is 337 g/mol. The molecule has 0 fully saturated rings. The zero-order valence-electron chi connectivity index (χ0n) is 9.95. The van der Waals surface area contributed by atoms with Crippen molar-refractivity contribution in [3.05, 3.63) is 33.3 Å². The van der Waals surface area contributed by atoms with Gasteiger partial charge in [0, 0.05) is 18.2 Å². The van der Waals surface area contributed by atoms with Crippen LogP contribution in [0.5, 0.6) is 0 Å². The highest BCUT2D eigenvalue weighted by atomic mass is 79.9. The predicted octanol–water partition coefficient (Wildman–Crippen LogP) is 2.23. The highest BCUT2D eigenvalue weighted by molar-refractivity contribution is 9.10. The molecule has 0 aromatic heterocycles. The van der Waals surface area contributed by atoms with E-state index in [1.807, 2.05) is 0 Å². The Morgan fingerprint density at radius 3 is 2.89 bits per heavy atom. The van der Waals surface area contributed by atoms with E-state index in [0.29, 0.717) is 23.6 Å². The minimum absolute atomic E-state index is 0.0115. The Kier molecular flexibility index (Phi) is 6.63. The van der Waals surface area contributed by atoms with Crippen molar-refractivity contribution in [1.82, 2.24) is 5.32 Å². The largest absolute Gasteiger partial charge is 0.396 e. The molecular weight excluding hydrogens is 321 g/mol. The molecule has 100 valence electrons. The molecule has 0 spiro atoms. The van der Waals surface area contributed by atoms with Gasteiger partial charge < -0.3 is 15.2 Å². The van der Waals surface area contributed by atoms with Gasteiger partial charge in [-0.3, -0.25) is 4.79 Å². The van der Waals surface area contributed by atoms with Crippen molar-refractivity contribution < 1.29 is 14.6 Å². The van der Waals surface area contributed by atoms with Gasteiger partial charge >= 0.3 is 0 Å². The molecule has 0 saturated heterocycles. The summed E-state index contributed by atoms with van der Waals surface area (Å²) in [5.74, 6) is -0.275. The lowest BCUT2D eigenvalue weighted by Crippen LogP contribution is -2.38.